The minimum absolute atomic E-state index is 0.0392. The van der Waals surface area contributed by atoms with Crippen LogP contribution in [-0.2, 0) is 4.79 Å². The highest BCUT2D eigenvalue weighted by molar-refractivity contribution is 9.11. The lowest BCUT2D eigenvalue weighted by molar-refractivity contribution is -0.116. The molecule has 124 valence electrons. The summed E-state index contributed by atoms with van der Waals surface area (Å²) in [6, 6.07) is 9.00. The molecule has 1 aromatic carbocycles. The van der Waals surface area contributed by atoms with E-state index in [-0.39, 0.29) is 18.2 Å². The van der Waals surface area contributed by atoms with Crippen LogP contribution in [0, 0.1) is 5.82 Å². The standard InChI is InChI=1S/C17H15BrFN3OS/c18-16-4-3-15(24-16)11(7-20)5-17(23)22-12-2-1-10-8-21-9-14(19)13(10)6-12/h1-4,6,8-9,11H,5,7,20H2,(H,22,23). The molecule has 0 bridgehead atoms. The lowest BCUT2D eigenvalue weighted by atomic mass is 10.0. The third-order valence-electron chi connectivity index (χ3n) is 3.71. The average Bonchev–Trinajstić information content (AvgIpc) is 3.00. The van der Waals surface area contributed by atoms with Gasteiger partial charge in [-0.15, -0.1) is 11.3 Å². The maximum atomic E-state index is 13.8. The summed E-state index contributed by atoms with van der Waals surface area (Å²) >= 11 is 4.99. The molecule has 4 nitrogen and oxygen atoms in total. The number of benzene rings is 1. The van der Waals surface area contributed by atoms with Gasteiger partial charge in [0.2, 0.25) is 5.91 Å². The van der Waals surface area contributed by atoms with Crippen molar-refractivity contribution in [2.45, 2.75) is 12.3 Å². The van der Waals surface area contributed by atoms with E-state index in [2.05, 4.69) is 26.2 Å². The first-order chi connectivity index (χ1) is 11.6. The highest BCUT2D eigenvalue weighted by atomic mass is 79.9. The Morgan fingerprint density at radius 1 is 1.33 bits per heavy atom. The molecule has 0 aliphatic rings. The van der Waals surface area contributed by atoms with Crippen LogP contribution in [0.15, 0.2) is 46.5 Å². The molecule has 0 fully saturated rings. The summed E-state index contributed by atoms with van der Waals surface area (Å²) in [7, 11) is 0. The summed E-state index contributed by atoms with van der Waals surface area (Å²) in [5.74, 6) is -0.599. The summed E-state index contributed by atoms with van der Waals surface area (Å²) in [6.07, 6.45) is 3.02. The smallest absolute Gasteiger partial charge is 0.225 e. The fraction of sp³-hybridized carbons (Fsp3) is 0.176. The quantitative estimate of drug-likeness (QED) is 0.663. The zero-order valence-electron chi connectivity index (χ0n) is 12.6. The summed E-state index contributed by atoms with van der Waals surface area (Å²) < 4.78 is 14.8. The normalized spacial score (nSPS) is 12.3. The molecule has 1 amide bonds. The first-order valence-electron chi connectivity index (χ1n) is 7.35. The number of carbonyl (C=O) groups is 1. The zero-order chi connectivity index (χ0) is 17.1. The van der Waals surface area contributed by atoms with Gasteiger partial charge >= 0.3 is 0 Å². The van der Waals surface area contributed by atoms with E-state index in [9.17, 15) is 9.18 Å². The number of amides is 1. The monoisotopic (exact) mass is 407 g/mol. The Bertz CT molecular complexity index is 883. The maximum absolute atomic E-state index is 13.8. The molecule has 0 radical (unpaired) electrons. The van der Waals surface area contributed by atoms with Crippen LogP contribution in [0.1, 0.15) is 17.2 Å². The molecule has 3 N–H and O–H groups in total. The van der Waals surface area contributed by atoms with Crippen LogP contribution < -0.4 is 11.1 Å². The predicted molar refractivity (Wildman–Crippen MR) is 98.8 cm³/mol. The lowest BCUT2D eigenvalue weighted by Crippen LogP contribution is -2.20. The Hall–Kier alpha value is -1.83. The number of nitrogens with one attached hydrogen (secondary N) is 1. The molecule has 7 heteroatoms. The van der Waals surface area contributed by atoms with Crippen molar-refractivity contribution >= 4 is 49.6 Å². The van der Waals surface area contributed by atoms with E-state index in [0.717, 1.165) is 14.9 Å². The second kappa shape index (κ2) is 7.38. The van der Waals surface area contributed by atoms with Crippen LogP contribution in [0.4, 0.5) is 10.1 Å². The molecule has 2 aromatic heterocycles. The van der Waals surface area contributed by atoms with Crippen LogP contribution >= 0.6 is 27.3 Å². The fourth-order valence-corrected chi connectivity index (χ4v) is 4.03. The van der Waals surface area contributed by atoms with E-state index < -0.39 is 5.82 Å². The number of aromatic nitrogens is 1. The molecule has 0 saturated carbocycles. The topological polar surface area (TPSA) is 68.0 Å². The number of thiophene rings is 1. The highest BCUT2D eigenvalue weighted by Crippen LogP contribution is 2.30. The van der Waals surface area contributed by atoms with E-state index in [1.54, 1.807) is 35.7 Å². The first-order valence-corrected chi connectivity index (χ1v) is 8.96. The van der Waals surface area contributed by atoms with Crippen molar-refractivity contribution < 1.29 is 9.18 Å². The number of hydrogen-bond acceptors (Lipinski definition) is 4. The number of nitrogens with two attached hydrogens (primary N) is 1. The zero-order valence-corrected chi connectivity index (χ0v) is 15.0. The Kier molecular flexibility index (Phi) is 5.23. The van der Waals surface area contributed by atoms with Gasteiger partial charge in [0.15, 0.2) is 0 Å². The van der Waals surface area contributed by atoms with Crippen LogP contribution in [-0.4, -0.2) is 17.4 Å². The molecule has 1 atom stereocenters. The van der Waals surface area contributed by atoms with Gasteiger partial charge in [0, 0.05) is 46.4 Å². The number of nitrogens with zero attached hydrogens (tertiary/aromatic N) is 1. The van der Waals surface area contributed by atoms with E-state index in [1.165, 1.54) is 0 Å². The largest absolute Gasteiger partial charge is 0.330 e. The number of hydrogen-bond donors (Lipinski definition) is 2. The van der Waals surface area contributed by atoms with Crippen LogP contribution in [0.3, 0.4) is 0 Å². The Labute approximate surface area is 151 Å². The van der Waals surface area contributed by atoms with Gasteiger partial charge in [-0.2, -0.15) is 0 Å². The Morgan fingerprint density at radius 3 is 2.88 bits per heavy atom. The van der Waals surface area contributed by atoms with E-state index in [1.807, 2.05) is 12.1 Å². The summed E-state index contributed by atoms with van der Waals surface area (Å²) in [6.45, 7) is 0.387. The minimum Gasteiger partial charge on any atom is -0.330 e. The third-order valence-corrected chi connectivity index (χ3v) is 5.49. The van der Waals surface area contributed by atoms with Gasteiger partial charge in [-0.25, -0.2) is 4.39 Å². The second-order valence-electron chi connectivity index (χ2n) is 5.38. The van der Waals surface area contributed by atoms with Crippen LogP contribution in [0.2, 0.25) is 0 Å². The predicted octanol–water partition coefficient (Wildman–Crippen LogP) is 4.27. The number of pyridine rings is 1. The number of fused-ring (bicyclic) bond motifs is 1. The van der Waals surface area contributed by atoms with Gasteiger partial charge in [-0.3, -0.25) is 9.78 Å². The summed E-state index contributed by atoms with van der Waals surface area (Å²) in [4.78, 5) is 17.2. The van der Waals surface area contributed by atoms with Crippen LogP contribution in [0.25, 0.3) is 10.8 Å². The van der Waals surface area contributed by atoms with Crippen molar-refractivity contribution in [1.29, 1.82) is 0 Å². The number of carbonyl (C=O) groups excluding carboxylic acids is 1. The van der Waals surface area contributed by atoms with Gasteiger partial charge in [-0.05, 0) is 40.2 Å². The summed E-state index contributed by atoms with van der Waals surface area (Å²) in [5, 5.41) is 3.94. The third kappa shape index (κ3) is 3.80. The van der Waals surface area contributed by atoms with Gasteiger partial charge in [0.05, 0.1) is 9.98 Å². The molecule has 0 spiro atoms. The van der Waals surface area contributed by atoms with Crippen molar-refractivity contribution in [1.82, 2.24) is 4.98 Å². The molecular formula is C17H15BrFN3OS. The molecule has 2 heterocycles. The van der Waals surface area contributed by atoms with E-state index in [0.29, 0.717) is 23.0 Å². The molecule has 3 rings (SSSR count). The van der Waals surface area contributed by atoms with Crippen molar-refractivity contribution in [3.63, 3.8) is 0 Å². The van der Waals surface area contributed by atoms with Gasteiger partial charge < -0.3 is 11.1 Å². The highest BCUT2D eigenvalue weighted by Gasteiger charge is 2.17. The summed E-state index contributed by atoms with van der Waals surface area (Å²) in [5.41, 5.74) is 6.36. The van der Waals surface area contributed by atoms with Gasteiger partial charge in [0.25, 0.3) is 0 Å². The molecule has 0 saturated heterocycles. The van der Waals surface area contributed by atoms with Crippen molar-refractivity contribution in [3.8, 4) is 0 Å². The Balaban J connectivity index is 1.73. The molecule has 0 aliphatic heterocycles. The maximum Gasteiger partial charge on any atom is 0.225 e. The first kappa shape index (κ1) is 17.0. The number of halogens is 2. The minimum atomic E-state index is -0.410. The Morgan fingerprint density at radius 2 is 2.17 bits per heavy atom. The lowest BCUT2D eigenvalue weighted by Gasteiger charge is -2.13. The number of anilines is 1. The van der Waals surface area contributed by atoms with Crippen molar-refractivity contribution in [2.24, 2.45) is 5.73 Å². The number of rotatable bonds is 5. The van der Waals surface area contributed by atoms with Crippen molar-refractivity contribution in [3.05, 3.63) is 57.2 Å². The fourth-order valence-electron chi connectivity index (χ4n) is 2.49. The average molecular weight is 408 g/mol. The van der Waals surface area contributed by atoms with Crippen LogP contribution in [0.5, 0.6) is 0 Å². The molecule has 0 aliphatic carbocycles. The van der Waals surface area contributed by atoms with E-state index in [4.69, 9.17) is 5.73 Å². The van der Waals surface area contributed by atoms with E-state index >= 15 is 0 Å². The van der Waals surface area contributed by atoms with Gasteiger partial charge in [-0.1, -0.05) is 6.07 Å². The molecular weight excluding hydrogens is 393 g/mol. The van der Waals surface area contributed by atoms with Gasteiger partial charge in [0.1, 0.15) is 5.82 Å². The second-order valence-corrected chi connectivity index (χ2v) is 7.88. The molecule has 24 heavy (non-hydrogen) atoms. The molecule has 3 aromatic rings. The molecule has 1 unspecified atom stereocenters. The van der Waals surface area contributed by atoms with Crippen molar-refractivity contribution in [2.75, 3.05) is 11.9 Å². The SMILES string of the molecule is NCC(CC(=O)Nc1ccc2cncc(F)c2c1)c1ccc(Br)s1.